The lowest BCUT2D eigenvalue weighted by molar-refractivity contribution is -0.157. The molecule has 0 aromatic heterocycles. The van der Waals surface area contributed by atoms with E-state index in [1.54, 1.807) is 0 Å². The summed E-state index contributed by atoms with van der Waals surface area (Å²) in [6.45, 7) is 2.92. The molecule has 162 valence electrons. The van der Waals surface area contributed by atoms with Gasteiger partial charge in [0.05, 0.1) is 0 Å². The van der Waals surface area contributed by atoms with Crippen LogP contribution in [0.15, 0.2) is 24.3 Å². The maximum absolute atomic E-state index is 12.9. The lowest BCUT2D eigenvalue weighted by Crippen LogP contribution is -2.54. The van der Waals surface area contributed by atoms with Gasteiger partial charge in [-0.15, -0.1) is 0 Å². The molecule has 8 nitrogen and oxygen atoms in total. The number of hydrogen-bond acceptors (Lipinski definition) is 5. The third-order valence-electron chi connectivity index (χ3n) is 5.85. The number of urea groups is 1. The van der Waals surface area contributed by atoms with Gasteiger partial charge < -0.3 is 15.4 Å². The zero-order chi connectivity index (χ0) is 21.9. The summed E-state index contributed by atoms with van der Waals surface area (Å²) in [6, 6.07) is 5.02. The fourth-order valence-electron chi connectivity index (χ4n) is 3.99. The van der Waals surface area contributed by atoms with Gasteiger partial charge in [-0.1, -0.05) is 31.9 Å². The standard InChI is InChI=1S/C21H26FN3O5/c1-13-5-3-4-10-21(13)19(28)25(20(29)24-21)12-17(26)30-14(2)18(27)23-11-15-6-8-16(22)9-7-15/h6-9,13-14H,3-5,10-12H2,1-2H3,(H,23,27)(H,24,29)/t13-,14+,21-/m1/s1. The number of esters is 1. The second-order valence-electron chi connectivity index (χ2n) is 7.92. The van der Waals surface area contributed by atoms with Gasteiger partial charge in [-0.2, -0.15) is 0 Å². The summed E-state index contributed by atoms with van der Waals surface area (Å²) in [6.07, 6.45) is 2.10. The van der Waals surface area contributed by atoms with Crippen molar-refractivity contribution in [2.75, 3.05) is 6.54 Å². The highest BCUT2D eigenvalue weighted by molar-refractivity contribution is 6.09. The van der Waals surface area contributed by atoms with E-state index in [0.29, 0.717) is 12.0 Å². The Morgan fingerprint density at radius 1 is 1.30 bits per heavy atom. The first-order valence-electron chi connectivity index (χ1n) is 10.1. The first-order chi connectivity index (χ1) is 14.2. The topological polar surface area (TPSA) is 105 Å². The number of nitrogens with one attached hydrogen (secondary N) is 2. The smallest absolute Gasteiger partial charge is 0.327 e. The predicted octanol–water partition coefficient (Wildman–Crippen LogP) is 1.87. The molecular formula is C21H26FN3O5. The minimum atomic E-state index is -1.11. The Morgan fingerprint density at radius 2 is 2.00 bits per heavy atom. The molecule has 1 aliphatic heterocycles. The Morgan fingerprint density at radius 3 is 2.67 bits per heavy atom. The van der Waals surface area contributed by atoms with Gasteiger partial charge in [0.2, 0.25) is 0 Å². The van der Waals surface area contributed by atoms with E-state index in [4.69, 9.17) is 4.74 Å². The molecule has 1 aromatic carbocycles. The van der Waals surface area contributed by atoms with Crippen LogP contribution in [0.3, 0.4) is 0 Å². The van der Waals surface area contributed by atoms with Crippen molar-refractivity contribution in [3.63, 3.8) is 0 Å². The SMILES string of the molecule is C[C@H](OC(=O)CN1C(=O)N[C@@]2(CCCC[C@H]2C)C1=O)C(=O)NCc1ccc(F)cc1. The molecule has 30 heavy (non-hydrogen) atoms. The summed E-state index contributed by atoms with van der Waals surface area (Å²) >= 11 is 0. The molecule has 3 atom stereocenters. The molecule has 0 bridgehead atoms. The number of rotatable bonds is 6. The second-order valence-corrected chi connectivity index (χ2v) is 7.92. The summed E-state index contributed by atoms with van der Waals surface area (Å²) < 4.78 is 18.0. The van der Waals surface area contributed by atoms with E-state index in [1.807, 2.05) is 6.92 Å². The number of nitrogens with zero attached hydrogens (tertiary/aromatic N) is 1. The highest BCUT2D eigenvalue weighted by atomic mass is 19.1. The number of hydrogen-bond donors (Lipinski definition) is 2. The van der Waals surface area contributed by atoms with E-state index in [9.17, 15) is 23.6 Å². The van der Waals surface area contributed by atoms with Crippen LogP contribution in [0.25, 0.3) is 0 Å². The van der Waals surface area contributed by atoms with Gasteiger partial charge >= 0.3 is 12.0 Å². The van der Waals surface area contributed by atoms with Gasteiger partial charge in [-0.25, -0.2) is 9.18 Å². The van der Waals surface area contributed by atoms with E-state index in [-0.39, 0.29) is 18.3 Å². The Balaban J connectivity index is 1.51. The summed E-state index contributed by atoms with van der Waals surface area (Å²) in [4.78, 5) is 50.5. The van der Waals surface area contributed by atoms with Crippen molar-refractivity contribution in [3.8, 4) is 0 Å². The molecule has 1 saturated heterocycles. The third-order valence-corrected chi connectivity index (χ3v) is 5.85. The summed E-state index contributed by atoms with van der Waals surface area (Å²) in [7, 11) is 0. The van der Waals surface area contributed by atoms with Gasteiger partial charge in [0.25, 0.3) is 11.8 Å². The van der Waals surface area contributed by atoms with Crippen LogP contribution < -0.4 is 10.6 Å². The van der Waals surface area contributed by atoms with Crippen LogP contribution in [0.1, 0.15) is 45.1 Å². The number of benzene rings is 1. The van der Waals surface area contributed by atoms with Crippen molar-refractivity contribution < 1.29 is 28.3 Å². The maximum atomic E-state index is 12.9. The molecule has 2 N–H and O–H groups in total. The molecule has 0 unspecified atom stereocenters. The molecule has 1 heterocycles. The number of amides is 4. The first kappa shape index (κ1) is 21.7. The monoisotopic (exact) mass is 419 g/mol. The van der Waals surface area contributed by atoms with Gasteiger partial charge in [0, 0.05) is 6.54 Å². The van der Waals surface area contributed by atoms with Gasteiger partial charge in [-0.3, -0.25) is 19.3 Å². The van der Waals surface area contributed by atoms with E-state index >= 15 is 0 Å². The van der Waals surface area contributed by atoms with Crippen LogP contribution in [0.5, 0.6) is 0 Å². The zero-order valence-electron chi connectivity index (χ0n) is 17.1. The number of ether oxygens (including phenoxy) is 1. The number of halogens is 1. The van der Waals surface area contributed by atoms with Gasteiger partial charge in [0.15, 0.2) is 6.10 Å². The lowest BCUT2D eigenvalue weighted by atomic mass is 9.73. The van der Waals surface area contributed by atoms with Crippen LogP contribution in [0.2, 0.25) is 0 Å². The van der Waals surface area contributed by atoms with E-state index in [0.717, 1.165) is 24.2 Å². The molecule has 0 radical (unpaired) electrons. The number of carbonyl (C=O) groups is 4. The third kappa shape index (κ3) is 4.44. The Hall–Kier alpha value is -2.97. The van der Waals surface area contributed by atoms with E-state index < -0.39 is 42.0 Å². The first-order valence-corrected chi connectivity index (χ1v) is 10.1. The Kier molecular flexibility index (Phi) is 6.38. The van der Waals surface area contributed by atoms with Crippen molar-refractivity contribution in [2.45, 2.75) is 57.7 Å². The maximum Gasteiger partial charge on any atom is 0.327 e. The summed E-state index contributed by atoms with van der Waals surface area (Å²) in [5.41, 5.74) is -0.261. The molecule has 2 aliphatic rings. The number of imide groups is 1. The molecule has 1 saturated carbocycles. The fraction of sp³-hybridized carbons (Fsp3) is 0.524. The quantitative estimate of drug-likeness (QED) is 0.541. The average Bonchev–Trinajstić information content (AvgIpc) is 2.94. The average molecular weight is 419 g/mol. The highest BCUT2D eigenvalue weighted by Gasteiger charge is 2.55. The molecule has 1 spiro atoms. The van der Waals surface area contributed by atoms with Crippen LogP contribution >= 0.6 is 0 Å². The molecule has 2 fully saturated rings. The number of carbonyl (C=O) groups excluding carboxylic acids is 4. The molecule has 1 aliphatic carbocycles. The van der Waals surface area contributed by atoms with Crippen LogP contribution in [-0.2, 0) is 25.7 Å². The van der Waals surface area contributed by atoms with Crippen molar-refractivity contribution in [3.05, 3.63) is 35.6 Å². The molecular weight excluding hydrogens is 393 g/mol. The predicted molar refractivity (Wildman–Crippen MR) is 104 cm³/mol. The zero-order valence-corrected chi connectivity index (χ0v) is 17.1. The van der Waals surface area contributed by atoms with Crippen molar-refractivity contribution in [1.29, 1.82) is 0 Å². The lowest BCUT2D eigenvalue weighted by Gasteiger charge is -2.36. The molecule has 4 amide bonds. The summed E-state index contributed by atoms with van der Waals surface area (Å²) in [5, 5.41) is 5.36. The van der Waals surface area contributed by atoms with Gasteiger partial charge in [-0.05, 0) is 43.4 Å². The van der Waals surface area contributed by atoms with Crippen molar-refractivity contribution in [2.24, 2.45) is 5.92 Å². The molecule has 9 heteroatoms. The highest BCUT2D eigenvalue weighted by Crippen LogP contribution is 2.38. The second kappa shape index (κ2) is 8.81. The van der Waals surface area contributed by atoms with Crippen LogP contribution in [-0.4, -0.2) is 46.9 Å². The largest absolute Gasteiger partial charge is 0.451 e. The van der Waals surface area contributed by atoms with E-state index in [2.05, 4.69) is 10.6 Å². The molecule has 3 rings (SSSR count). The summed E-state index contributed by atoms with van der Waals surface area (Å²) in [5.74, 6) is -2.19. The normalized spacial score (nSPS) is 24.5. The van der Waals surface area contributed by atoms with E-state index in [1.165, 1.54) is 31.2 Å². The van der Waals surface area contributed by atoms with Crippen molar-refractivity contribution in [1.82, 2.24) is 15.5 Å². The minimum absolute atomic E-state index is 0.0140. The minimum Gasteiger partial charge on any atom is -0.451 e. The Labute approximate surface area is 174 Å². The fourth-order valence-corrected chi connectivity index (χ4v) is 3.99. The Bertz CT molecular complexity index is 844. The van der Waals surface area contributed by atoms with Gasteiger partial charge in [0.1, 0.15) is 17.9 Å². The van der Waals surface area contributed by atoms with Crippen LogP contribution in [0, 0.1) is 11.7 Å². The van der Waals surface area contributed by atoms with Crippen LogP contribution in [0.4, 0.5) is 9.18 Å². The van der Waals surface area contributed by atoms with Crippen molar-refractivity contribution >= 4 is 23.8 Å². The molecule has 1 aromatic rings.